The first-order valence-electron chi connectivity index (χ1n) is 4.82. The first kappa shape index (κ1) is 9.01. The van der Waals surface area contributed by atoms with Crippen molar-refractivity contribution in [2.75, 3.05) is 11.9 Å². The van der Waals surface area contributed by atoms with Crippen LogP contribution in [0.25, 0.3) is 0 Å². The van der Waals surface area contributed by atoms with Crippen LogP contribution in [0.4, 0.5) is 5.69 Å². The number of aromatic nitrogens is 1. The Bertz CT molecular complexity index is 374. The Balaban J connectivity index is 1.99. The fourth-order valence-electron chi connectivity index (χ4n) is 1.31. The Kier molecular flexibility index (Phi) is 2.12. The number of hydrogen-bond donors (Lipinski definition) is 1. The lowest BCUT2D eigenvalue weighted by atomic mass is 10.1. The third-order valence-corrected chi connectivity index (χ3v) is 2.70. The second-order valence-electron chi connectivity index (χ2n) is 4.21. The van der Waals surface area contributed by atoms with Crippen LogP contribution < -0.4 is 5.32 Å². The van der Waals surface area contributed by atoms with Crippen molar-refractivity contribution >= 4 is 5.69 Å². The minimum atomic E-state index is 0.468. The van der Waals surface area contributed by atoms with Crippen LogP contribution >= 0.6 is 0 Å². The molecule has 1 N–H and O–H groups in total. The topological polar surface area (TPSA) is 48.7 Å². The first-order chi connectivity index (χ1) is 6.72. The van der Waals surface area contributed by atoms with Crippen molar-refractivity contribution in [2.45, 2.75) is 19.8 Å². The summed E-state index contributed by atoms with van der Waals surface area (Å²) in [5.74, 6) is 0. The van der Waals surface area contributed by atoms with Gasteiger partial charge in [0.2, 0.25) is 0 Å². The van der Waals surface area contributed by atoms with E-state index in [0.29, 0.717) is 11.1 Å². The molecule has 72 valence electrons. The van der Waals surface area contributed by atoms with Crippen molar-refractivity contribution < 1.29 is 0 Å². The average molecular weight is 187 g/mol. The van der Waals surface area contributed by atoms with Crippen molar-refractivity contribution in [3.63, 3.8) is 0 Å². The molecule has 2 rings (SSSR count). The second-order valence-corrected chi connectivity index (χ2v) is 4.21. The average Bonchev–Trinajstić information content (AvgIpc) is 2.95. The molecule has 0 saturated heterocycles. The van der Waals surface area contributed by atoms with Crippen molar-refractivity contribution in [1.82, 2.24) is 4.98 Å². The van der Waals surface area contributed by atoms with Crippen LogP contribution in [0.5, 0.6) is 0 Å². The van der Waals surface area contributed by atoms with Gasteiger partial charge in [-0.2, -0.15) is 5.26 Å². The predicted octanol–water partition coefficient (Wildman–Crippen LogP) is 2.17. The third-order valence-electron chi connectivity index (χ3n) is 2.70. The summed E-state index contributed by atoms with van der Waals surface area (Å²) in [7, 11) is 0. The van der Waals surface area contributed by atoms with Crippen molar-refractivity contribution in [3.05, 3.63) is 24.0 Å². The molecule has 1 heterocycles. The van der Waals surface area contributed by atoms with E-state index < -0.39 is 0 Å². The van der Waals surface area contributed by atoms with E-state index in [-0.39, 0.29) is 0 Å². The molecule has 3 nitrogen and oxygen atoms in total. The van der Waals surface area contributed by atoms with E-state index in [1.807, 2.05) is 12.1 Å². The number of nitriles is 1. The molecule has 0 unspecified atom stereocenters. The summed E-state index contributed by atoms with van der Waals surface area (Å²) in [4.78, 5) is 3.92. The molecule has 1 aliphatic carbocycles. The molecule has 1 aliphatic rings. The van der Waals surface area contributed by atoms with Crippen LogP contribution in [0.2, 0.25) is 0 Å². The Morgan fingerprint density at radius 3 is 3.07 bits per heavy atom. The number of nitrogens with zero attached hydrogens (tertiary/aromatic N) is 2. The molecule has 3 heteroatoms. The molecule has 0 aliphatic heterocycles. The lowest BCUT2D eigenvalue weighted by Crippen LogP contribution is -2.11. The summed E-state index contributed by atoms with van der Waals surface area (Å²) in [6, 6.07) is 5.71. The van der Waals surface area contributed by atoms with Crippen LogP contribution in [0.3, 0.4) is 0 Å². The highest BCUT2D eigenvalue weighted by molar-refractivity contribution is 5.46. The Labute approximate surface area is 83.8 Å². The molecular weight excluding hydrogens is 174 g/mol. The van der Waals surface area contributed by atoms with E-state index in [1.54, 1.807) is 12.3 Å². The Morgan fingerprint density at radius 2 is 2.43 bits per heavy atom. The van der Waals surface area contributed by atoms with E-state index in [9.17, 15) is 0 Å². The minimum Gasteiger partial charge on any atom is -0.384 e. The predicted molar refractivity (Wildman–Crippen MR) is 54.8 cm³/mol. The van der Waals surface area contributed by atoms with Crippen LogP contribution in [0.1, 0.15) is 25.5 Å². The lowest BCUT2D eigenvalue weighted by molar-refractivity contribution is 0.610. The van der Waals surface area contributed by atoms with Crippen molar-refractivity contribution in [2.24, 2.45) is 5.41 Å². The summed E-state index contributed by atoms with van der Waals surface area (Å²) in [6.45, 7) is 3.26. The lowest BCUT2D eigenvalue weighted by Gasteiger charge is -2.10. The Morgan fingerprint density at radius 1 is 1.64 bits per heavy atom. The standard InChI is InChI=1S/C11H13N3/c1-11(3-4-11)8-14-9-2-5-13-10(6-9)7-12/h2,5-6H,3-4,8H2,1H3,(H,13,14). The van der Waals surface area contributed by atoms with Gasteiger partial charge in [0.25, 0.3) is 0 Å². The van der Waals surface area contributed by atoms with Gasteiger partial charge in [0, 0.05) is 18.4 Å². The van der Waals surface area contributed by atoms with E-state index in [2.05, 4.69) is 17.2 Å². The zero-order valence-electron chi connectivity index (χ0n) is 8.25. The van der Waals surface area contributed by atoms with Gasteiger partial charge in [-0.3, -0.25) is 0 Å². The molecule has 1 fully saturated rings. The molecule has 0 atom stereocenters. The molecule has 0 radical (unpaired) electrons. The molecule has 0 amide bonds. The molecule has 1 saturated carbocycles. The third kappa shape index (κ3) is 2.02. The fourth-order valence-corrected chi connectivity index (χ4v) is 1.31. The Hall–Kier alpha value is -1.56. The molecule has 1 aromatic heterocycles. The summed E-state index contributed by atoms with van der Waals surface area (Å²) in [5.41, 5.74) is 1.94. The van der Waals surface area contributed by atoms with E-state index in [4.69, 9.17) is 5.26 Å². The van der Waals surface area contributed by atoms with Gasteiger partial charge in [-0.1, -0.05) is 6.92 Å². The summed E-state index contributed by atoms with van der Waals surface area (Å²) < 4.78 is 0. The van der Waals surface area contributed by atoms with Crippen LogP contribution in [0.15, 0.2) is 18.3 Å². The molecule has 0 aromatic carbocycles. The van der Waals surface area contributed by atoms with Gasteiger partial charge < -0.3 is 5.32 Å². The van der Waals surface area contributed by atoms with Gasteiger partial charge in [-0.15, -0.1) is 0 Å². The molecule has 0 bridgehead atoms. The maximum atomic E-state index is 8.66. The van der Waals surface area contributed by atoms with E-state index in [0.717, 1.165) is 12.2 Å². The SMILES string of the molecule is CC1(CNc2ccnc(C#N)c2)CC1. The second kappa shape index (κ2) is 3.30. The number of anilines is 1. The van der Waals surface area contributed by atoms with Gasteiger partial charge in [0.1, 0.15) is 11.8 Å². The quantitative estimate of drug-likeness (QED) is 0.788. The highest BCUT2D eigenvalue weighted by Gasteiger charge is 2.36. The zero-order chi connectivity index (χ0) is 10.0. The number of nitrogens with one attached hydrogen (secondary N) is 1. The zero-order valence-corrected chi connectivity index (χ0v) is 8.25. The smallest absolute Gasteiger partial charge is 0.142 e. The maximum absolute atomic E-state index is 8.66. The number of hydrogen-bond acceptors (Lipinski definition) is 3. The van der Waals surface area contributed by atoms with E-state index in [1.165, 1.54) is 12.8 Å². The van der Waals surface area contributed by atoms with Crippen molar-refractivity contribution in [1.29, 1.82) is 5.26 Å². The summed E-state index contributed by atoms with van der Waals surface area (Å²) in [5, 5.41) is 12.0. The summed E-state index contributed by atoms with van der Waals surface area (Å²) >= 11 is 0. The van der Waals surface area contributed by atoms with Gasteiger partial charge in [0.05, 0.1) is 0 Å². The fraction of sp³-hybridized carbons (Fsp3) is 0.455. The van der Waals surface area contributed by atoms with Gasteiger partial charge in [-0.05, 0) is 30.4 Å². The van der Waals surface area contributed by atoms with Gasteiger partial charge in [-0.25, -0.2) is 4.98 Å². The van der Waals surface area contributed by atoms with Gasteiger partial charge in [0.15, 0.2) is 0 Å². The monoisotopic (exact) mass is 187 g/mol. The number of pyridine rings is 1. The highest BCUT2D eigenvalue weighted by Crippen LogP contribution is 2.44. The first-order valence-corrected chi connectivity index (χ1v) is 4.82. The molecule has 0 spiro atoms. The van der Waals surface area contributed by atoms with Crippen LogP contribution in [-0.4, -0.2) is 11.5 Å². The summed E-state index contributed by atoms with van der Waals surface area (Å²) in [6.07, 6.45) is 4.27. The number of rotatable bonds is 3. The molecule has 1 aromatic rings. The van der Waals surface area contributed by atoms with Crippen molar-refractivity contribution in [3.8, 4) is 6.07 Å². The van der Waals surface area contributed by atoms with Crippen LogP contribution in [-0.2, 0) is 0 Å². The maximum Gasteiger partial charge on any atom is 0.142 e. The van der Waals surface area contributed by atoms with Gasteiger partial charge >= 0.3 is 0 Å². The minimum absolute atomic E-state index is 0.468. The molecule has 14 heavy (non-hydrogen) atoms. The van der Waals surface area contributed by atoms with E-state index >= 15 is 0 Å². The highest BCUT2D eigenvalue weighted by atomic mass is 14.9. The van der Waals surface area contributed by atoms with Crippen LogP contribution in [0, 0.1) is 16.7 Å². The normalized spacial score (nSPS) is 17.1. The largest absolute Gasteiger partial charge is 0.384 e. The molecular formula is C11H13N3.